The number of aliphatic imine (C=N–C) groups is 2. The summed E-state index contributed by atoms with van der Waals surface area (Å²) in [6.45, 7) is 2.29. The molecule has 1 aliphatic heterocycles. The Kier molecular flexibility index (Phi) is 11.9. The zero-order valence-electron chi connectivity index (χ0n) is 20.7. The average Bonchev–Trinajstić information content (AvgIpc) is 3.40. The van der Waals surface area contributed by atoms with Gasteiger partial charge < -0.3 is 0 Å². The lowest BCUT2D eigenvalue weighted by Crippen LogP contribution is -2.20. The van der Waals surface area contributed by atoms with E-state index in [1.165, 1.54) is 81.8 Å². The van der Waals surface area contributed by atoms with Crippen molar-refractivity contribution < 1.29 is 0 Å². The summed E-state index contributed by atoms with van der Waals surface area (Å²) in [4.78, 5) is 9.33. The van der Waals surface area contributed by atoms with E-state index in [-0.39, 0.29) is 0 Å². The monoisotopic (exact) mass is 443 g/mol. The van der Waals surface area contributed by atoms with E-state index < -0.39 is 0 Å². The van der Waals surface area contributed by atoms with Gasteiger partial charge in [-0.2, -0.15) is 0 Å². The number of nitrogens with zero attached hydrogens (tertiary/aromatic N) is 2. The van der Waals surface area contributed by atoms with Gasteiger partial charge in [-0.1, -0.05) is 148 Å². The van der Waals surface area contributed by atoms with E-state index in [9.17, 15) is 0 Å². The van der Waals surface area contributed by atoms with Crippen molar-refractivity contribution in [3.8, 4) is 0 Å². The molecule has 33 heavy (non-hydrogen) atoms. The molecule has 2 aromatic rings. The molecule has 0 radical (unpaired) electrons. The Balaban J connectivity index is 1.52. The highest BCUT2D eigenvalue weighted by Gasteiger charge is 2.36. The smallest absolute Gasteiger partial charge is 0.0965 e. The number of hydrogen-bond acceptors (Lipinski definition) is 2. The van der Waals surface area contributed by atoms with Crippen molar-refractivity contribution in [2.75, 3.05) is 0 Å². The fraction of sp³-hybridized carbons (Fsp3) is 0.516. The standard InChI is InChI=1S/C31H43N2/c1-2-3-4-5-6-7-8-9-10-11-18-23-29(31-32-24-25-33-31)30(28-21-16-13-17-22-28)26-27-19-14-12-15-20-27/h12-17,19-22,24-25,29-30H,2-11,18,23,26H2,1H3/q+1. The zero-order chi connectivity index (χ0) is 23.0. The van der Waals surface area contributed by atoms with Gasteiger partial charge in [0.25, 0.3) is 0 Å². The van der Waals surface area contributed by atoms with Crippen molar-refractivity contribution in [3.05, 3.63) is 78.0 Å². The lowest BCUT2D eigenvalue weighted by atomic mass is 9.77. The van der Waals surface area contributed by atoms with Gasteiger partial charge in [0.2, 0.25) is 6.17 Å². The highest BCUT2D eigenvalue weighted by molar-refractivity contribution is 6.18. The quantitative estimate of drug-likeness (QED) is 0.172. The molecule has 0 saturated carbocycles. The summed E-state index contributed by atoms with van der Waals surface area (Å²) < 4.78 is 0. The Labute approximate surface area is 202 Å². The van der Waals surface area contributed by atoms with Gasteiger partial charge in [-0.25, -0.2) is 0 Å². The normalized spacial score (nSPS) is 14.6. The summed E-state index contributed by atoms with van der Waals surface area (Å²) in [5.41, 5.74) is 2.79. The third-order valence-corrected chi connectivity index (χ3v) is 6.94. The van der Waals surface area contributed by atoms with Crippen molar-refractivity contribution >= 4 is 12.4 Å². The van der Waals surface area contributed by atoms with Crippen LogP contribution in [0, 0.1) is 12.1 Å². The van der Waals surface area contributed by atoms with Gasteiger partial charge in [-0.15, -0.1) is 0 Å². The second-order valence-corrected chi connectivity index (χ2v) is 9.55. The van der Waals surface area contributed by atoms with Crippen molar-refractivity contribution in [1.29, 1.82) is 0 Å². The molecule has 2 unspecified atom stereocenters. The molecule has 0 amide bonds. The van der Waals surface area contributed by atoms with Crippen LogP contribution in [0.15, 0.2) is 70.6 Å². The molecule has 2 aromatic carbocycles. The van der Waals surface area contributed by atoms with Crippen LogP contribution in [0.25, 0.3) is 0 Å². The van der Waals surface area contributed by atoms with E-state index in [2.05, 4.69) is 77.6 Å². The Morgan fingerprint density at radius 1 is 0.636 bits per heavy atom. The third kappa shape index (κ3) is 9.20. The summed E-state index contributed by atoms with van der Waals surface area (Å²) >= 11 is 0. The first-order valence-electron chi connectivity index (χ1n) is 13.4. The fourth-order valence-electron chi connectivity index (χ4n) is 5.04. The number of unbranched alkanes of at least 4 members (excludes halogenated alkanes) is 10. The van der Waals surface area contributed by atoms with Gasteiger partial charge in [0.15, 0.2) is 12.4 Å². The van der Waals surface area contributed by atoms with Gasteiger partial charge in [0, 0.05) is 5.92 Å². The van der Waals surface area contributed by atoms with Crippen molar-refractivity contribution in [2.24, 2.45) is 15.9 Å². The molecule has 0 fully saturated rings. The van der Waals surface area contributed by atoms with Crippen LogP contribution in [0.2, 0.25) is 0 Å². The van der Waals surface area contributed by atoms with Crippen LogP contribution in [-0.2, 0) is 6.42 Å². The molecular weight excluding hydrogens is 400 g/mol. The number of benzene rings is 2. The van der Waals surface area contributed by atoms with Crippen LogP contribution in [-0.4, -0.2) is 12.4 Å². The maximum Gasteiger partial charge on any atom is 0.244 e. The van der Waals surface area contributed by atoms with E-state index in [1.807, 2.05) is 12.4 Å². The zero-order valence-corrected chi connectivity index (χ0v) is 20.7. The Morgan fingerprint density at radius 2 is 1.15 bits per heavy atom. The molecular formula is C31H43N2+. The van der Waals surface area contributed by atoms with Crippen LogP contribution < -0.4 is 0 Å². The van der Waals surface area contributed by atoms with E-state index in [0.717, 1.165) is 19.0 Å². The summed E-state index contributed by atoms with van der Waals surface area (Å²) in [7, 11) is 0. The molecule has 2 heteroatoms. The van der Waals surface area contributed by atoms with Crippen molar-refractivity contribution in [3.63, 3.8) is 0 Å². The Morgan fingerprint density at radius 3 is 1.73 bits per heavy atom. The number of rotatable bonds is 17. The maximum absolute atomic E-state index is 4.66. The fourth-order valence-corrected chi connectivity index (χ4v) is 5.04. The predicted molar refractivity (Wildman–Crippen MR) is 144 cm³/mol. The summed E-state index contributed by atoms with van der Waals surface area (Å²) in [5.74, 6) is 0.764. The lowest BCUT2D eigenvalue weighted by Gasteiger charge is -2.26. The Hall–Kier alpha value is -2.35. The largest absolute Gasteiger partial charge is 0.244 e. The van der Waals surface area contributed by atoms with E-state index in [4.69, 9.17) is 0 Å². The molecule has 3 rings (SSSR count). The van der Waals surface area contributed by atoms with E-state index >= 15 is 0 Å². The average molecular weight is 444 g/mol. The van der Waals surface area contributed by atoms with Crippen LogP contribution in [0.1, 0.15) is 101 Å². The van der Waals surface area contributed by atoms with Gasteiger partial charge in [-0.05, 0) is 24.0 Å². The van der Waals surface area contributed by atoms with E-state index in [0.29, 0.717) is 11.8 Å². The molecule has 2 nitrogen and oxygen atoms in total. The lowest BCUT2D eigenvalue weighted by molar-refractivity contribution is 0.382. The first-order chi connectivity index (χ1) is 16.4. The number of hydrogen-bond donors (Lipinski definition) is 0. The second-order valence-electron chi connectivity index (χ2n) is 9.55. The summed E-state index contributed by atoms with van der Waals surface area (Å²) in [6.07, 6.45) is 22.1. The molecule has 0 aliphatic carbocycles. The van der Waals surface area contributed by atoms with Gasteiger partial charge in [0.05, 0.1) is 5.92 Å². The topological polar surface area (TPSA) is 24.7 Å². The third-order valence-electron chi connectivity index (χ3n) is 6.94. The van der Waals surface area contributed by atoms with Crippen LogP contribution in [0.5, 0.6) is 0 Å². The molecule has 0 N–H and O–H groups in total. The molecule has 0 spiro atoms. The van der Waals surface area contributed by atoms with Crippen molar-refractivity contribution in [2.45, 2.75) is 96.3 Å². The Bertz CT molecular complexity index is 784. The van der Waals surface area contributed by atoms with Gasteiger partial charge in [-0.3, -0.25) is 0 Å². The van der Waals surface area contributed by atoms with Crippen LogP contribution in [0.4, 0.5) is 0 Å². The second kappa shape index (κ2) is 15.5. The molecule has 0 saturated heterocycles. The molecule has 176 valence electrons. The first-order valence-corrected chi connectivity index (χ1v) is 13.4. The highest BCUT2D eigenvalue weighted by Crippen LogP contribution is 2.40. The molecule has 0 aromatic heterocycles. The van der Waals surface area contributed by atoms with Gasteiger partial charge >= 0.3 is 0 Å². The minimum atomic E-state index is 0.362. The molecule has 0 bridgehead atoms. The molecule has 1 aliphatic rings. The maximum atomic E-state index is 4.66. The predicted octanol–water partition coefficient (Wildman–Crippen LogP) is 8.97. The molecule has 1 heterocycles. The first kappa shape index (κ1) is 25.3. The van der Waals surface area contributed by atoms with Crippen LogP contribution in [0.3, 0.4) is 0 Å². The summed E-state index contributed by atoms with van der Waals surface area (Å²) in [5, 5.41) is 0. The minimum absolute atomic E-state index is 0.362. The van der Waals surface area contributed by atoms with E-state index in [1.54, 1.807) is 0 Å². The van der Waals surface area contributed by atoms with Crippen molar-refractivity contribution in [1.82, 2.24) is 0 Å². The SMILES string of the molecule is CCCCCCCCCCCCCC([C+]1N=CC=N1)C(Cc1ccccc1)c1ccccc1. The van der Waals surface area contributed by atoms with Crippen LogP contribution >= 0.6 is 0 Å². The highest BCUT2D eigenvalue weighted by atomic mass is 15.0. The minimum Gasteiger partial charge on any atom is -0.0965 e. The van der Waals surface area contributed by atoms with Gasteiger partial charge in [0.1, 0.15) is 0 Å². The molecule has 2 atom stereocenters. The summed E-state index contributed by atoms with van der Waals surface area (Å²) in [6, 6.07) is 21.9.